The number of anilines is 1. The normalized spacial score (nSPS) is 18.7. The van der Waals surface area contributed by atoms with Gasteiger partial charge in [0.2, 0.25) is 5.43 Å². The van der Waals surface area contributed by atoms with Crippen LogP contribution < -0.4 is 20.4 Å². The van der Waals surface area contributed by atoms with Crippen LogP contribution in [0.5, 0.6) is 5.75 Å². The van der Waals surface area contributed by atoms with Crippen molar-refractivity contribution in [3.05, 3.63) is 69.2 Å². The third-order valence-electron chi connectivity index (χ3n) is 5.98. The molecular weight excluding hydrogens is 437 g/mol. The molecule has 0 amide bonds. The topological polar surface area (TPSA) is 83.8 Å². The van der Waals surface area contributed by atoms with Crippen LogP contribution in [0.4, 0.5) is 14.9 Å². The van der Waals surface area contributed by atoms with Gasteiger partial charge in [-0.15, -0.1) is 0 Å². The van der Waals surface area contributed by atoms with Crippen LogP contribution in [0.2, 0.25) is 5.02 Å². The van der Waals surface area contributed by atoms with Crippen LogP contribution in [0.15, 0.2) is 47.4 Å². The maximum absolute atomic E-state index is 15.4. The quantitative estimate of drug-likeness (QED) is 0.567. The lowest BCUT2D eigenvalue weighted by Gasteiger charge is -2.36. The van der Waals surface area contributed by atoms with Gasteiger partial charge < -0.3 is 24.6 Å². The Hall–Kier alpha value is -3.10. The second-order valence-electron chi connectivity index (χ2n) is 8.11. The van der Waals surface area contributed by atoms with Gasteiger partial charge >= 0.3 is 6.16 Å². The molecular formula is C23H21ClFN3O4. The van der Waals surface area contributed by atoms with Crippen molar-refractivity contribution in [3.63, 3.8) is 0 Å². The number of aromatic nitrogens is 1. The lowest BCUT2D eigenvalue weighted by molar-refractivity contribution is 0.143. The number of hydrogen-bond donors (Lipinski definition) is 2. The first-order valence-corrected chi connectivity index (χ1v) is 10.8. The summed E-state index contributed by atoms with van der Waals surface area (Å²) in [6.45, 7) is 1.72. The zero-order valence-electron chi connectivity index (χ0n) is 17.1. The maximum atomic E-state index is 15.4. The fraction of sp³-hybridized carbons (Fsp3) is 0.304. The Morgan fingerprint density at radius 1 is 1.25 bits per heavy atom. The monoisotopic (exact) mass is 457 g/mol. The first-order chi connectivity index (χ1) is 15.4. The number of halogens is 2. The average Bonchev–Trinajstić information content (AvgIpc) is 3.62. The molecule has 3 aromatic rings. The molecule has 2 heterocycles. The molecule has 1 saturated carbocycles. The molecule has 9 heteroatoms. The van der Waals surface area contributed by atoms with Gasteiger partial charge in [0.15, 0.2) is 5.75 Å². The summed E-state index contributed by atoms with van der Waals surface area (Å²) >= 11 is 6.76. The smallest absolute Gasteiger partial charge is 0.449 e. The van der Waals surface area contributed by atoms with Crippen LogP contribution in [0.3, 0.4) is 0 Å². The summed E-state index contributed by atoms with van der Waals surface area (Å²) in [7, 11) is 0. The number of ether oxygens (including phenoxy) is 1. The Morgan fingerprint density at radius 2 is 2.00 bits per heavy atom. The molecule has 2 aliphatic rings. The highest BCUT2D eigenvalue weighted by Gasteiger charge is 2.31. The molecule has 32 heavy (non-hydrogen) atoms. The van der Waals surface area contributed by atoms with Crippen LogP contribution in [-0.2, 0) is 0 Å². The zero-order chi connectivity index (χ0) is 22.4. The third-order valence-corrected chi connectivity index (χ3v) is 6.34. The molecule has 2 aromatic carbocycles. The average molecular weight is 458 g/mol. The van der Waals surface area contributed by atoms with Gasteiger partial charge in [0.05, 0.1) is 27.8 Å². The molecule has 1 aliphatic carbocycles. The van der Waals surface area contributed by atoms with Gasteiger partial charge in [0.25, 0.3) is 0 Å². The second kappa shape index (κ2) is 8.11. The van der Waals surface area contributed by atoms with E-state index in [-0.39, 0.29) is 33.9 Å². The maximum Gasteiger partial charge on any atom is 0.511 e. The summed E-state index contributed by atoms with van der Waals surface area (Å²) in [4.78, 5) is 25.7. The Kier molecular flexibility index (Phi) is 5.27. The van der Waals surface area contributed by atoms with E-state index in [9.17, 15) is 9.59 Å². The Labute approximate surface area is 188 Å². The first-order valence-electron chi connectivity index (χ1n) is 10.4. The standard InChI is InChI=1S/C23H21ClFN3O4/c24-19-20-15(22(29)18(32-23(30)31)12-28(20)14-6-7-14)10-16(25)21(19)27-9-8-26-17(11-27)13-4-2-1-3-5-13/h1-5,10,12,14,17,26H,6-9,11H2,(H,30,31). The Bertz CT molecular complexity index is 1260. The van der Waals surface area contributed by atoms with E-state index in [0.717, 1.165) is 24.5 Å². The molecule has 2 fully saturated rings. The predicted octanol–water partition coefficient (Wildman–Crippen LogP) is 4.34. The number of hydrogen-bond acceptors (Lipinski definition) is 5. The molecule has 166 valence electrons. The number of fused-ring (bicyclic) bond motifs is 1. The molecule has 7 nitrogen and oxygen atoms in total. The zero-order valence-corrected chi connectivity index (χ0v) is 17.8. The van der Waals surface area contributed by atoms with Crippen molar-refractivity contribution < 1.29 is 19.0 Å². The largest absolute Gasteiger partial charge is 0.511 e. The molecule has 1 saturated heterocycles. The minimum absolute atomic E-state index is 0.00748. The summed E-state index contributed by atoms with van der Waals surface area (Å²) in [5, 5.41) is 12.6. The van der Waals surface area contributed by atoms with Crippen molar-refractivity contribution >= 4 is 34.3 Å². The highest BCUT2D eigenvalue weighted by Crippen LogP contribution is 2.43. The van der Waals surface area contributed by atoms with E-state index in [2.05, 4.69) is 10.1 Å². The van der Waals surface area contributed by atoms with Crippen molar-refractivity contribution in [2.24, 2.45) is 0 Å². The lowest BCUT2D eigenvalue weighted by Crippen LogP contribution is -2.46. The Morgan fingerprint density at radius 3 is 2.69 bits per heavy atom. The molecule has 1 aromatic heterocycles. The van der Waals surface area contributed by atoms with Crippen LogP contribution in [0.25, 0.3) is 10.9 Å². The minimum atomic E-state index is -1.60. The summed E-state index contributed by atoms with van der Waals surface area (Å²) in [5.41, 5.74) is 1.05. The fourth-order valence-corrected chi connectivity index (χ4v) is 4.77. The van der Waals surface area contributed by atoms with Gasteiger partial charge in [-0.1, -0.05) is 41.9 Å². The molecule has 1 aliphatic heterocycles. The van der Waals surface area contributed by atoms with E-state index >= 15 is 4.39 Å². The molecule has 0 spiro atoms. The van der Waals surface area contributed by atoms with Gasteiger partial charge in [-0.3, -0.25) is 4.79 Å². The lowest BCUT2D eigenvalue weighted by atomic mass is 10.0. The molecule has 0 bridgehead atoms. The van der Waals surface area contributed by atoms with Crippen LogP contribution in [-0.4, -0.2) is 35.5 Å². The highest BCUT2D eigenvalue weighted by molar-refractivity contribution is 6.38. The third kappa shape index (κ3) is 3.69. The number of nitrogens with zero attached hydrogens (tertiary/aromatic N) is 2. The van der Waals surface area contributed by atoms with Crippen molar-refractivity contribution in [2.75, 3.05) is 24.5 Å². The van der Waals surface area contributed by atoms with Crippen LogP contribution in [0.1, 0.15) is 30.5 Å². The van der Waals surface area contributed by atoms with Gasteiger partial charge in [-0.2, -0.15) is 0 Å². The van der Waals surface area contributed by atoms with E-state index in [1.54, 1.807) is 4.57 Å². The summed E-state index contributed by atoms with van der Waals surface area (Å²) in [5.74, 6) is -0.977. The minimum Gasteiger partial charge on any atom is -0.449 e. The summed E-state index contributed by atoms with van der Waals surface area (Å²) < 4.78 is 21.8. The molecule has 0 radical (unpaired) electrons. The number of carboxylic acid groups (broad SMARTS) is 1. The van der Waals surface area contributed by atoms with E-state index in [4.69, 9.17) is 16.7 Å². The van der Waals surface area contributed by atoms with Gasteiger partial charge in [0.1, 0.15) is 5.82 Å². The molecule has 5 rings (SSSR count). The van der Waals surface area contributed by atoms with E-state index in [0.29, 0.717) is 25.2 Å². The van der Waals surface area contributed by atoms with Gasteiger partial charge in [-0.25, -0.2) is 9.18 Å². The van der Waals surface area contributed by atoms with Gasteiger partial charge in [0, 0.05) is 31.7 Å². The summed E-state index contributed by atoms with van der Waals surface area (Å²) in [6.07, 6.45) is 1.49. The van der Waals surface area contributed by atoms with Crippen molar-refractivity contribution in [1.29, 1.82) is 0 Å². The first kappa shape index (κ1) is 20.8. The van der Waals surface area contributed by atoms with Crippen LogP contribution in [0, 0.1) is 5.82 Å². The number of benzene rings is 2. The van der Waals surface area contributed by atoms with Crippen molar-refractivity contribution in [2.45, 2.75) is 24.9 Å². The predicted molar refractivity (Wildman–Crippen MR) is 119 cm³/mol. The van der Waals surface area contributed by atoms with E-state index in [1.807, 2.05) is 35.2 Å². The summed E-state index contributed by atoms with van der Waals surface area (Å²) in [6, 6.07) is 11.1. The molecule has 2 N–H and O–H groups in total. The Balaban J connectivity index is 1.62. The number of piperazine rings is 1. The number of nitrogens with one attached hydrogen (secondary N) is 1. The van der Waals surface area contributed by atoms with Crippen LogP contribution >= 0.6 is 11.6 Å². The highest BCUT2D eigenvalue weighted by atomic mass is 35.5. The second-order valence-corrected chi connectivity index (χ2v) is 8.49. The number of rotatable bonds is 4. The molecule has 1 atom stereocenters. The fourth-order valence-electron chi connectivity index (χ4n) is 4.37. The van der Waals surface area contributed by atoms with E-state index < -0.39 is 17.4 Å². The van der Waals surface area contributed by atoms with Gasteiger partial charge in [-0.05, 0) is 24.5 Å². The number of carbonyl (C=O) groups is 1. The molecule has 1 unspecified atom stereocenters. The van der Waals surface area contributed by atoms with Crippen molar-refractivity contribution in [3.8, 4) is 5.75 Å². The SMILES string of the molecule is O=C(O)Oc1cn(C2CC2)c2c(Cl)c(N3CCNC(c4ccccc4)C3)c(F)cc2c1=O. The number of pyridine rings is 1. The van der Waals surface area contributed by atoms with Crippen molar-refractivity contribution in [1.82, 2.24) is 9.88 Å². The van der Waals surface area contributed by atoms with E-state index in [1.165, 1.54) is 6.20 Å².